The van der Waals surface area contributed by atoms with Crippen molar-refractivity contribution in [3.05, 3.63) is 70.5 Å². The molecule has 2 aromatic carbocycles. The fraction of sp³-hybridized carbons (Fsp3) is 0.292. The first kappa shape index (κ1) is 21.2. The summed E-state index contributed by atoms with van der Waals surface area (Å²) in [6.45, 7) is 7.42. The lowest BCUT2D eigenvalue weighted by atomic mass is 10.0. The van der Waals surface area contributed by atoms with Crippen LogP contribution < -0.4 is 0 Å². The molecule has 0 bridgehead atoms. The summed E-state index contributed by atoms with van der Waals surface area (Å²) < 4.78 is 31.0. The van der Waals surface area contributed by atoms with Gasteiger partial charge in [0.25, 0.3) is 0 Å². The third kappa shape index (κ3) is 4.91. The summed E-state index contributed by atoms with van der Waals surface area (Å²) >= 11 is 0. The summed E-state index contributed by atoms with van der Waals surface area (Å²) in [5.74, 6) is -0.674. The van der Waals surface area contributed by atoms with Crippen LogP contribution in [0.25, 0.3) is 17.2 Å². The molecule has 0 fully saturated rings. The van der Waals surface area contributed by atoms with Crippen molar-refractivity contribution in [3.8, 4) is 0 Å². The van der Waals surface area contributed by atoms with Crippen molar-refractivity contribution in [2.24, 2.45) is 0 Å². The van der Waals surface area contributed by atoms with Crippen molar-refractivity contribution in [1.29, 1.82) is 0 Å². The Balaban J connectivity index is 2.02. The number of benzene rings is 2. The van der Waals surface area contributed by atoms with Gasteiger partial charge in [-0.1, -0.05) is 18.2 Å². The third-order valence-corrected chi connectivity index (χ3v) is 5.65. The van der Waals surface area contributed by atoms with Crippen LogP contribution in [0.15, 0.2) is 52.9 Å². The van der Waals surface area contributed by atoms with Crippen molar-refractivity contribution in [2.75, 3.05) is 6.26 Å². The summed E-state index contributed by atoms with van der Waals surface area (Å²) in [5.41, 5.74) is 4.66. The maximum Gasteiger partial charge on any atom is 0.310 e. The van der Waals surface area contributed by atoms with Crippen molar-refractivity contribution >= 4 is 34.0 Å². The maximum absolute atomic E-state index is 14.0. The van der Waals surface area contributed by atoms with Crippen LogP contribution in [-0.4, -0.2) is 22.0 Å². The predicted octanol–water partition coefficient (Wildman–Crippen LogP) is 5.62. The second-order valence-electron chi connectivity index (χ2n) is 8.14. The molecule has 0 N–H and O–H groups in total. The molecular formula is C24H25FO3S. The maximum atomic E-state index is 14.0. The lowest BCUT2D eigenvalue weighted by Crippen LogP contribution is -2.23. The van der Waals surface area contributed by atoms with Crippen molar-refractivity contribution in [2.45, 2.75) is 44.6 Å². The van der Waals surface area contributed by atoms with E-state index in [0.717, 1.165) is 38.3 Å². The zero-order valence-electron chi connectivity index (χ0n) is 17.3. The Hall–Kier alpha value is -2.53. The normalized spacial score (nSPS) is 16.1. The molecule has 0 saturated carbocycles. The molecule has 0 amide bonds. The fourth-order valence-corrected chi connectivity index (χ4v) is 3.95. The number of rotatable bonds is 4. The smallest absolute Gasteiger partial charge is 0.310 e. The topological polar surface area (TPSA) is 43.4 Å². The Kier molecular flexibility index (Phi) is 5.90. The highest BCUT2D eigenvalue weighted by atomic mass is 32.2. The number of carbonyl (C=O) groups excluding carboxylic acids is 1. The molecule has 3 nitrogen and oxygen atoms in total. The standard InChI is InChI=1S/C24H25FO3S/c1-15-20(12-16-6-9-18(10-7-16)29(5)27)19-11-8-17(25)13-22(19)21(15)14-23(26)28-24(2,3)4/h6-13H,14H2,1-5H3/b20-12+. The van der Waals surface area contributed by atoms with Crippen LogP contribution in [0.5, 0.6) is 0 Å². The van der Waals surface area contributed by atoms with Gasteiger partial charge in [-0.2, -0.15) is 0 Å². The largest absolute Gasteiger partial charge is 0.460 e. The van der Waals surface area contributed by atoms with Gasteiger partial charge in [0.2, 0.25) is 0 Å². The molecule has 0 saturated heterocycles. The number of esters is 1. The van der Waals surface area contributed by atoms with Gasteiger partial charge in [-0.05, 0) is 91.4 Å². The molecule has 0 aromatic heterocycles. The number of halogens is 1. The molecule has 0 heterocycles. The minimum atomic E-state index is -1.03. The van der Waals surface area contributed by atoms with Crippen LogP contribution in [0, 0.1) is 5.82 Å². The predicted molar refractivity (Wildman–Crippen MR) is 116 cm³/mol. The quantitative estimate of drug-likeness (QED) is 0.612. The molecule has 1 aliphatic rings. The van der Waals surface area contributed by atoms with Gasteiger partial charge in [0, 0.05) is 22.0 Å². The molecule has 0 radical (unpaired) electrons. The van der Waals surface area contributed by atoms with E-state index < -0.39 is 16.4 Å². The highest BCUT2D eigenvalue weighted by molar-refractivity contribution is 7.84. The molecule has 5 heteroatoms. The lowest BCUT2D eigenvalue weighted by molar-refractivity contribution is -0.153. The van der Waals surface area contributed by atoms with Gasteiger partial charge in [-0.3, -0.25) is 9.00 Å². The molecule has 152 valence electrons. The number of allylic oxidation sites excluding steroid dienone is 2. The first-order valence-corrected chi connectivity index (χ1v) is 11.0. The number of fused-ring (bicyclic) bond motifs is 1. The number of hydrogen-bond acceptors (Lipinski definition) is 3. The second kappa shape index (κ2) is 8.07. The molecule has 1 atom stereocenters. The Morgan fingerprint density at radius 1 is 1.10 bits per heavy atom. The minimum Gasteiger partial charge on any atom is -0.460 e. The van der Waals surface area contributed by atoms with E-state index >= 15 is 0 Å². The first-order valence-electron chi connectivity index (χ1n) is 9.42. The molecule has 3 rings (SSSR count). The highest BCUT2D eigenvalue weighted by Crippen LogP contribution is 2.44. The lowest BCUT2D eigenvalue weighted by Gasteiger charge is -2.20. The summed E-state index contributed by atoms with van der Waals surface area (Å²) in [4.78, 5) is 13.2. The molecule has 0 spiro atoms. The highest BCUT2D eigenvalue weighted by Gasteiger charge is 2.27. The van der Waals surface area contributed by atoms with Crippen LogP contribution >= 0.6 is 0 Å². The van der Waals surface area contributed by atoms with Crippen molar-refractivity contribution in [3.63, 3.8) is 0 Å². The van der Waals surface area contributed by atoms with E-state index in [-0.39, 0.29) is 18.2 Å². The first-order chi connectivity index (χ1) is 13.5. The van der Waals surface area contributed by atoms with Crippen LogP contribution in [0.3, 0.4) is 0 Å². The van der Waals surface area contributed by atoms with E-state index in [1.165, 1.54) is 12.1 Å². The molecule has 2 aromatic rings. The number of ether oxygens (including phenoxy) is 1. The van der Waals surface area contributed by atoms with Crippen molar-refractivity contribution in [1.82, 2.24) is 0 Å². The molecule has 0 aliphatic heterocycles. The molecule has 1 unspecified atom stereocenters. The van der Waals surface area contributed by atoms with Gasteiger partial charge in [0.05, 0.1) is 6.42 Å². The summed E-state index contributed by atoms with van der Waals surface area (Å²) in [5, 5.41) is 0. The van der Waals surface area contributed by atoms with Crippen molar-refractivity contribution < 1.29 is 18.1 Å². The van der Waals surface area contributed by atoms with Gasteiger partial charge in [-0.25, -0.2) is 4.39 Å². The van der Waals surface area contributed by atoms with Gasteiger partial charge < -0.3 is 4.74 Å². The van der Waals surface area contributed by atoms with Gasteiger partial charge in [0.15, 0.2) is 0 Å². The Morgan fingerprint density at radius 3 is 2.34 bits per heavy atom. The van der Waals surface area contributed by atoms with Gasteiger partial charge >= 0.3 is 5.97 Å². The SMILES string of the molecule is CC1=C(CC(=O)OC(C)(C)C)c2cc(F)ccc2/C1=C/c1ccc(S(C)=O)cc1. The summed E-state index contributed by atoms with van der Waals surface area (Å²) in [6, 6.07) is 12.1. The van der Waals surface area contributed by atoms with E-state index in [2.05, 4.69) is 0 Å². The number of hydrogen-bond donors (Lipinski definition) is 0. The number of carbonyl (C=O) groups is 1. The molecule has 29 heavy (non-hydrogen) atoms. The third-order valence-electron chi connectivity index (χ3n) is 4.72. The van der Waals surface area contributed by atoms with E-state index in [4.69, 9.17) is 4.74 Å². The van der Waals surface area contributed by atoms with Crippen LogP contribution in [0.4, 0.5) is 4.39 Å². The second-order valence-corrected chi connectivity index (χ2v) is 9.52. The van der Waals surface area contributed by atoms with E-state index in [0.29, 0.717) is 0 Å². The zero-order valence-corrected chi connectivity index (χ0v) is 18.2. The van der Waals surface area contributed by atoms with Crippen LogP contribution in [-0.2, 0) is 20.3 Å². The molecule has 1 aliphatic carbocycles. The van der Waals surface area contributed by atoms with E-state index in [1.807, 2.05) is 58.0 Å². The van der Waals surface area contributed by atoms with Crippen LogP contribution in [0.1, 0.15) is 50.8 Å². The Bertz CT molecular complexity index is 1040. The fourth-order valence-electron chi connectivity index (χ4n) is 3.43. The van der Waals surface area contributed by atoms with E-state index in [1.54, 1.807) is 12.3 Å². The summed E-state index contributed by atoms with van der Waals surface area (Å²) in [7, 11) is -1.03. The summed E-state index contributed by atoms with van der Waals surface area (Å²) in [6.07, 6.45) is 3.74. The Labute approximate surface area is 173 Å². The average molecular weight is 413 g/mol. The van der Waals surface area contributed by atoms with Crippen LogP contribution in [0.2, 0.25) is 0 Å². The zero-order chi connectivity index (χ0) is 21.3. The van der Waals surface area contributed by atoms with E-state index in [9.17, 15) is 13.4 Å². The van der Waals surface area contributed by atoms with Gasteiger partial charge in [0.1, 0.15) is 11.4 Å². The monoisotopic (exact) mass is 412 g/mol. The Morgan fingerprint density at radius 2 is 1.76 bits per heavy atom. The average Bonchev–Trinajstić information content (AvgIpc) is 2.86. The minimum absolute atomic E-state index is 0.0879. The molecular weight excluding hydrogens is 387 g/mol. The van der Waals surface area contributed by atoms with Gasteiger partial charge in [-0.15, -0.1) is 0 Å².